The van der Waals surface area contributed by atoms with Crippen LogP contribution in [-0.2, 0) is 19.4 Å². The summed E-state index contributed by atoms with van der Waals surface area (Å²) in [4.78, 5) is 15.1. The number of ether oxygens (including phenoxy) is 2. The molecule has 8 heteroatoms. The number of hydrogen-bond donors (Lipinski definition) is 0. The summed E-state index contributed by atoms with van der Waals surface area (Å²) in [5.41, 5.74) is 1.34. The second-order valence-electron chi connectivity index (χ2n) is 9.76. The number of sulfone groups is 1. The Balaban J connectivity index is 2.12. The van der Waals surface area contributed by atoms with E-state index in [0.29, 0.717) is 29.5 Å². The summed E-state index contributed by atoms with van der Waals surface area (Å²) in [5, 5.41) is 0. The van der Waals surface area contributed by atoms with Crippen LogP contribution in [0.25, 0.3) is 0 Å². The molecule has 1 heterocycles. The van der Waals surface area contributed by atoms with Crippen LogP contribution in [0.3, 0.4) is 0 Å². The number of benzene rings is 2. The molecule has 2 aromatic carbocycles. The van der Waals surface area contributed by atoms with E-state index in [0.717, 1.165) is 49.1 Å². The minimum atomic E-state index is -3.61. The molecule has 0 fully saturated rings. The Bertz CT molecular complexity index is 1130. The maximum Gasteiger partial charge on any atom is 0.309 e. The van der Waals surface area contributed by atoms with Crippen molar-refractivity contribution in [1.29, 1.82) is 0 Å². The molecule has 0 aromatic heterocycles. The number of esters is 1. The van der Waals surface area contributed by atoms with Gasteiger partial charge in [0.2, 0.25) is 0 Å². The van der Waals surface area contributed by atoms with Gasteiger partial charge in [-0.3, -0.25) is 4.79 Å². The first-order chi connectivity index (χ1) is 17.8. The molecule has 3 rings (SSSR count). The smallest absolute Gasteiger partial charge is 0.309 e. The molecule has 0 unspecified atom stereocenters. The minimum Gasteiger partial charge on any atom is -0.492 e. The van der Waals surface area contributed by atoms with Crippen LogP contribution in [0.5, 0.6) is 5.75 Å². The van der Waals surface area contributed by atoms with Crippen molar-refractivity contribution < 1.29 is 22.7 Å². The molecule has 0 saturated heterocycles. The maximum absolute atomic E-state index is 14.1. The lowest BCUT2D eigenvalue weighted by molar-refractivity contribution is -0.143. The number of fused-ring (bicyclic) bond motifs is 1. The summed E-state index contributed by atoms with van der Waals surface area (Å²) >= 11 is 1.51. The predicted molar refractivity (Wildman–Crippen MR) is 152 cm³/mol. The molecule has 0 atom stereocenters. The van der Waals surface area contributed by atoms with Crippen LogP contribution in [0.4, 0.5) is 11.4 Å². The number of hydrogen-bond acceptors (Lipinski definition) is 7. The second-order valence-corrected chi connectivity index (χ2v) is 12.6. The zero-order valence-electron chi connectivity index (χ0n) is 22.6. The van der Waals surface area contributed by atoms with Gasteiger partial charge in [0.25, 0.3) is 0 Å². The van der Waals surface area contributed by atoms with Crippen molar-refractivity contribution in [2.75, 3.05) is 36.7 Å². The van der Waals surface area contributed by atoms with Crippen molar-refractivity contribution in [2.45, 2.75) is 75.5 Å². The number of rotatable bonds is 13. The van der Waals surface area contributed by atoms with Crippen LogP contribution in [0.2, 0.25) is 0 Å². The zero-order chi connectivity index (χ0) is 26.9. The summed E-state index contributed by atoms with van der Waals surface area (Å²) < 4.78 is 39.1. The number of carbonyl (C=O) groups excluding carboxylic acids is 1. The Morgan fingerprint density at radius 2 is 1.73 bits per heavy atom. The molecular weight excluding hydrogens is 506 g/mol. The summed E-state index contributed by atoms with van der Waals surface area (Å²) in [6.45, 7) is 7.19. The summed E-state index contributed by atoms with van der Waals surface area (Å²) in [6, 6.07) is 13.7. The number of thioether (sulfide) groups is 1. The van der Waals surface area contributed by atoms with Gasteiger partial charge in [-0.1, -0.05) is 57.7 Å². The van der Waals surface area contributed by atoms with E-state index in [1.165, 1.54) is 11.8 Å². The van der Waals surface area contributed by atoms with Crippen molar-refractivity contribution >= 4 is 38.9 Å². The summed E-state index contributed by atoms with van der Waals surface area (Å²) in [6.07, 6.45) is 7.86. The highest BCUT2D eigenvalue weighted by Gasteiger charge is 2.42. The average Bonchev–Trinajstić information content (AvgIpc) is 2.98. The van der Waals surface area contributed by atoms with E-state index in [1.54, 1.807) is 13.0 Å². The lowest BCUT2D eigenvalue weighted by Crippen LogP contribution is -2.38. The second kappa shape index (κ2) is 13.6. The Kier molecular flexibility index (Phi) is 10.8. The normalized spacial score (nSPS) is 16.1. The summed E-state index contributed by atoms with van der Waals surface area (Å²) in [5.74, 6) is 0.279. The van der Waals surface area contributed by atoms with Gasteiger partial charge in [-0.05, 0) is 44.2 Å². The van der Waals surface area contributed by atoms with Gasteiger partial charge in [-0.15, -0.1) is 11.8 Å². The van der Waals surface area contributed by atoms with Gasteiger partial charge < -0.3 is 14.4 Å². The van der Waals surface area contributed by atoms with Crippen LogP contribution >= 0.6 is 11.8 Å². The number of nitrogens with zero attached hydrogens (tertiary/aromatic N) is 1. The fourth-order valence-electron chi connectivity index (χ4n) is 5.06. The van der Waals surface area contributed by atoms with Crippen molar-refractivity contribution in [2.24, 2.45) is 5.41 Å². The van der Waals surface area contributed by atoms with Gasteiger partial charge in [0.1, 0.15) is 5.75 Å². The van der Waals surface area contributed by atoms with Crippen LogP contribution in [0.15, 0.2) is 52.3 Å². The van der Waals surface area contributed by atoms with Gasteiger partial charge in [-0.25, -0.2) is 8.42 Å². The Morgan fingerprint density at radius 3 is 2.32 bits per heavy atom. The lowest BCUT2D eigenvalue weighted by atomic mass is 9.79. The van der Waals surface area contributed by atoms with E-state index in [9.17, 15) is 13.2 Å². The molecule has 1 aliphatic rings. The fraction of sp³-hybridized carbons (Fsp3) is 0.552. The largest absolute Gasteiger partial charge is 0.492 e. The molecule has 0 radical (unpaired) electrons. The van der Waals surface area contributed by atoms with E-state index in [1.807, 2.05) is 30.5 Å². The third-order valence-corrected chi connectivity index (χ3v) is 9.67. The van der Waals surface area contributed by atoms with Gasteiger partial charge in [-0.2, -0.15) is 0 Å². The van der Waals surface area contributed by atoms with E-state index in [4.69, 9.17) is 9.47 Å². The fourth-order valence-corrected chi connectivity index (χ4v) is 7.72. The number of unbranched alkanes of at least 4 members (excludes halogenated alkanes) is 2. The first-order valence-corrected chi connectivity index (χ1v) is 16.2. The van der Waals surface area contributed by atoms with Crippen LogP contribution < -0.4 is 9.64 Å². The summed E-state index contributed by atoms with van der Waals surface area (Å²) in [7, 11) is -3.61. The number of carbonyl (C=O) groups is 1. The van der Waals surface area contributed by atoms with Crippen molar-refractivity contribution in [3.05, 3.63) is 42.5 Å². The standard InChI is InChI=1S/C29H41NO5S2/c1-5-8-16-29(17-9-6-2)21-30(23-13-11-10-12-14-23)24-19-26(36-4)25(20-27(24)37(32,33)22-29)35-18-15-28(31)34-7-3/h10-14,19-20H,5-9,15-18,21-22H2,1-4H3. The maximum atomic E-state index is 14.1. The zero-order valence-corrected chi connectivity index (χ0v) is 24.3. The molecule has 0 N–H and O–H groups in total. The van der Waals surface area contributed by atoms with Crippen LogP contribution in [0, 0.1) is 5.41 Å². The third kappa shape index (κ3) is 7.44. The van der Waals surface area contributed by atoms with Crippen molar-refractivity contribution in [3.8, 4) is 5.75 Å². The first kappa shape index (κ1) is 29.4. The Hall–Kier alpha value is -2.19. The van der Waals surface area contributed by atoms with E-state index >= 15 is 0 Å². The topological polar surface area (TPSA) is 72.9 Å². The van der Waals surface area contributed by atoms with Gasteiger partial charge in [0, 0.05) is 23.7 Å². The van der Waals surface area contributed by atoms with Gasteiger partial charge in [0.05, 0.1) is 40.9 Å². The van der Waals surface area contributed by atoms with E-state index in [2.05, 4.69) is 30.9 Å². The highest BCUT2D eigenvalue weighted by molar-refractivity contribution is 7.98. The molecule has 1 aliphatic heterocycles. The Labute approximate surface area is 227 Å². The minimum absolute atomic E-state index is 0.110. The molecular formula is C29H41NO5S2. The SMILES string of the molecule is CCCCC1(CCCC)CN(c2ccccc2)c2cc(SC)c(OCCC(=O)OCC)cc2S(=O)(=O)C1. The molecule has 0 bridgehead atoms. The monoisotopic (exact) mass is 547 g/mol. The van der Waals surface area contributed by atoms with Crippen molar-refractivity contribution in [1.82, 2.24) is 0 Å². The van der Waals surface area contributed by atoms with Gasteiger partial charge >= 0.3 is 5.97 Å². The molecule has 0 aliphatic carbocycles. The molecule has 204 valence electrons. The first-order valence-electron chi connectivity index (χ1n) is 13.3. The molecule has 2 aromatic rings. The van der Waals surface area contributed by atoms with Crippen molar-refractivity contribution in [3.63, 3.8) is 0 Å². The quantitative estimate of drug-likeness (QED) is 0.197. The van der Waals surface area contributed by atoms with Crippen LogP contribution in [0.1, 0.15) is 65.7 Å². The number of anilines is 2. The Morgan fingerprint density at radius 1 is 1.05 bits per heavy atom. The van der Waals surface area contributed by atoms with Crippen LogP contribution in [-0.4, -0.2) is 46.2 Å². The number of para-hydroxylation sites is 1. The molecule has 0 amide bonds. The molecule has 0 saturated carbocycles. The lowest BCUT2D eigenvalue weighted by Gasteiger charge is -2.37. The highest BCUT2D eigenvalue weighted by Crippen LogP contribution is 2.47. The molecule has 6 nitrogen and oxygen atoms in total. The molecule has 0 spiro atoms. The van der Waals surface area contributed by atoms with E-state index in [-0.39, 0.29) is 30.2 Å². The predicted octanol–water partition coefficient (Wildman–Crippen LogP) is 7.03. The highest BCUT2D eigenvalue weighted by atomic mass is 32.2. The van der Waals surface area contributed by atoms with Gasteiger partial charge in [0.15, 0.2) is 9.84 Å². The third-order valence-electron chi connectivity index (χ3n) is 6.92. The molecule has 37 heavy (non-hydrogen) atoms. The van der Waals surface area contributed by atoms with E-state index < -0.39 is 9.84 Å². The average molecular weight is 548 g/mol.